The Labute approximate surface area is 155 Å². The monoisotopic (exact) mass is 367 g/mol. The molecule has 0 aliphatic carbocycles. The van der Waals surface area contributed by atoms with Gasteiger partial charge in [-0.3, -0.25) is 9.59 Å². The number of aromatic nitrogens is 2. The minimum atomic E-state index is -0.434. The molecule has 1 heterocycles. The number of rotatable bonds is 7. The molecule has 0 saturated heterocycles. The van der Waals surface area contributed by atoms with Gasteiger partial charge in [0.05, 0.1) is 12.2 Å². The van der Waals surface area contributed by atoms with Crippen LogP contribution in [-0.2, 0) is 11.3 Å². The van der Waals surface area contributed by atoms with E-state index < -0.39 is 5.82 Å². The number of hydrogen-bond donors (Lipinski definition) is 1. The summed E-state index contributed by atoms with van der Waals surface area (Å²) in [5.41, 5.74) is 1.33. The average Bonchev–Trinajstić information content (AvgIpc) is 2.68. The Balaban J connectivity index is 1.52. The standard InChI is InChI=1S/C20H18FN3O3/c21-16-7-4-8-17(13-16)27-14-19(25)22-11-12-24-20(26)10-9-18(23-24)15-5-2-1-3-6-15/h1-10,13H,11-12,14H2,(H,22,25). The highest BCUT2D eigenvalue weighted by Crippen LogP contribution is 2.14. The lowest BCUT2D eigenvalue weighted by atomic mass is 10.1. The number of ether oxygens (including phenoxy) is 1. The van der Waals surface area contributed by atoms with E-state index in [1.165, 1.54) is 28.9 Å². The molecule has 6 nitrogen and oxygen atoms in total. The van der Waals surface area contributed by atoms with E-state index in [9.17, 15) is 14.0 Å². The van der Waals surface area contributed by atoms with Gasteiger partial charge in [0.15, 0.2) is 6.61 Å². The Kier molecular flexibility index (Phi) is 5.94. The van der Waals surface area contributed by atoms with E-state index in [4.69, 9.17) is 4.74 Å². The van der Waals surface area contributed by atoms with Crippen molar-refractivity contribution in [2.45, 2.75) is 6.54 Å². The molecule has 1 aromatic heterocycles. The summed E-state index contributed by atoms with van der Waals surface area (Å²) in [6.07, 6.45) is 0. The van der Waals surface area contributed by atoms with E-state index >= 15 is 0 Å². The second-order valence-corrected chi connectivity index (χ2v) is 5.74. The zero-order valence-corrected chi connectivity index (χ0v) is 14.5. The summed E-state index contributed by atoms with van der Waals surface area (Å²) in [5.74, 6) is -0.526. The van der Waals surface area contributed by atoms with Crippen LogP contribution in [0.3, 0.4) is 0 Å². The number of carbonyl (C=O) groups is 1. The molecule has 0 spiro atoms. The van der Waals surface area contributed by atoms with E-state index in [2.05, 4.69) is 10.4 Å². The minimum absolute atomic E-state index is 0.219. The van der Waals surface area contributed by atoms with Crippen molar-refractivity contribution in [3.63, 3.8) is 0 Å². The van der Waals surface area contributed by atoms with Crippen LogP contribution in [-0.4, -0.2) is 28.8 Å². The van der Waals surface area contributed by atoms with Crippen LogP contribution < -0.4 is 15.6 Å². The largest absolute Gasteiger partial charge is 0.484 e. The second-order valence-electron chi connectivity index (χ2n) is 5.74. The second kappa shape index (κ2) is 8.75. The third-order valence-corrected chi connectivity index (χ3v) is 3.75. The number of nitrogens with one attached hydrogen (secondary N) is 1. The van der Waals surface area contributed by atoms with Crippen molar-refractivity contribution < 1.29 is 13.9 Å². The number of carbonyl (C=O) groups excluding carboxylic acids is 1. The molecule has 1 amide bonds. The predicted molar refractivity (Wildman–Crippen MR) is 98.8 cm³/mol. The van der Waals surface area contributed by atoms with E-state index in [-0.39, 0.29) is 36.9 Å². The van der Waals surface area contributed by atoms with Gasteiger partial charge in [-0.15, -0.1) is 0 Å². The van der Waals surface area contributed by atoms with Crippen molar-refractivity contribution in [1.29, 1.82) is 0 Å². The smallest absolute Gasteiger partial charge is 0.266 e. The molecule has 3 rings (SSSR count). The van der Waals surface area contributed by atoms with Crippen molar-refractivity contribution in [2.24, 2.45) is 0 Å². The van der Waals surface area contributed by atoms with Gasteiger partial charge in [-0.1, -0.05) is 36.4 Å². The highest BCUT2D eigenvalue weighted by atomic mass is 19.1. The molecule has 138 valence electrons. The number of benzene rings is 2. The van der Waals surface area contributed by atoms with E-state index in [0.29, 0.717) is 5.69 Å². The first-order chi connectivity index (χ1) is 13.1. The Hall–Kier alpha value is -3.48. The van der Waals surface area contributed by atoms with Gasteiger partial charge in [-0.2, -0.15) is 5.10 Å². The molecule has 0 aliphatic heterocycles. The van der Waals surface area contributed by atoms with Crippen molar-refractivity contribution in [2.75, 3.05) is 13.2 Å². The maximum absolute atomic E-state index is 13.1. The lowest BCUT2D eigenvalue weighted by Crippen LogP contribution is -2.34. The fourth-order valence-corrected chi connectivity index (χ4v) is 2.43. The number of halogens is 1. The topological polar surface area (TPSA) is 73.2 Å². The van der Waals surface area contributed by atoms with Crippen molar-refractivity contribution >= 4 is 5.91 Å². The zero-order chi connectivity index (χ0) is 19.1. The minimum Gasteiger partial charge on any atom is -0.484 e. The summed E-state index contributed by atoms with van der Waals surface area (Å²) in [4.78, 5) is 23.8. The lowest BCUT2D eigenvalue weighted by Gasteiger charge is -2.09. The van der Waals surface area contributed by atoms with Crippen LogP contribution in [0.2, 0.25) is 0 Å². The molecule has 2 aromatic carbocycles. The van der Waals surface area contributed by atoms with Gasteiger partial charge in [0, 0.05) is 24.2 Å². The fraction of sp³-hybridized carbons (Fsp3) is 0.150. The van der Waals surface area contributed by atoms with Gasteiger partial charge < -0.3 is 10.1 Å². The Morgan fingerprint density at radius 3 is 2.67 bits per heavy atom. The molecule has 0 radical (unpaired) electrons. The van der Waals surface area contributed by atoms with Crippen molar-refractivity contribution in [3.05, 3.63) is 82.9 Å². The predicted octanol–water partition coefficient (Wildman–Crippen LogP) is 2.24. The molecule has 0 fully saturated rings. The maximum atomic E-state index is 13.1. The van der Waals surface area contributed by atoms with Gasteiger partial charge in [-0.05, 0) is 18.2 Å². The van der Waals surface area contributed by atoms with Crippen LogP contribution in [0.25, 0.3) is 11.3 Å². The van der Waals surface area contributed by atoms with Crippen molar-refractivity contribution in [3.8, 4) is 17.0 Å². The Morgan fingerprint density at radius 2 is 1.89 bits per heavy atom. The molecule has 7 heteroatoms. The maximum Gasteiger partial charge on any atom is 0.266 e. The normalized spacial score (nSPS) is 10.4. The molecule has 3 aromatic rings. The summed E-state index contributed by atoms with van der Waals surface area (Å²) in [6.45, 7) is 0.206. The van der Waals surface area contributed by atoms with Gasteiger partial charge in [0.25, 0.3) is 11.5 Å². The molecule has 0 atom stereocenters. The molecule has 27 heavy (non-hydrogen) atoms. The van der Waals surface area contributed by atoms with Crippen molar-refractivity contribution in [1.82, 2.24) is 15.1 Å². The third kappa shape index (κ3) is 5.24. The Morgan fingerprint density at radius 1 is 1.07 bits per heavy atom. The van der Waals surface area contributed by atoms with Gasteiger partial charge in [0.2, 0.25) is 0 Å². The number of nitrogens with zero attached hydrogens (tertiary/aromatic N) is 2. The van der Waals surface area contributed by atoms with Gasteiger partial charge >= 0.3 is 0 Å². The van der Waals surface area contributed by atoms with Crippen LogP contribution in [0.15, 0.2) is 71.5 Å². The summed E-state index contributed by atoms with van der Waals surface area (Å²) in [5, 5.41) is 6.97. The van der Waals surface area contributed by atoms with Crippen LogP contribution in [0, 0.1) is 5.82 Å². The summed E-state index contributed by atoms with van der Waals surface area (Å²) >= 11 is 0. The Bertz CT molecular complexity index is 973. The summed E-state index contributed by atoms with van der Waals surface area (Å²) < 4.78 is 19.6. The molecule has 0 bridgehead atoms. The SMILES string of the molecule is O=C(COc1cccc(F)c1)NCCn1nc(-c2ccccc2)ccc1=O. The van der Waals surface area contributed by atoms with E-state index in [1.54, 1.807) is 12.1 Å². The first-order valence-electron chi connectivity index (χ1n) is 8.40. The highest BCUT2D eigenvalue weighted by Gasteiger charge is 2.06. The molecule has 0 saturated carbocycles. The average molecular weight is 367 g/mol. The molecular weight excluding hydrogens is 349 g/mol. The summed E-state index contributed by atoms with van der Waals surface area (Å²) in [6, 6.07) is 18.2. The molecule has 0 unspecified atom stereocenters. The summed E-state index contributed by atoms with van der Waals surface area (Å²) in [7, 11) is 0. The number of amides is 1. The highest BCUT2D eigenvalue weighted by molar-refractivity contribution is 5.77. The quantitative estimate of drug-likeness (QED) is 0.695. The van der Waals surface area contributed by atoms with Gasteiger partial charge in [0.1, 0.15) is 11.6 Å². The lowest BCUT2D eigenvalue weighted by molar-refractivity contribution is -0.123. The molecular formula is C20H18FN3O3. The van der Waals surface area contributed by atoms with Crippen LogP contribution in [0.1, 0.15) is 0 Å². The van der Waals surface area contributed by atoms with E-state index in [0.717, 1.165) is 5.56 Å². The van der Waals surface area contributed by atoms with E-state index in [1.807, 2.05) is 30.3 Å². The zero-order valence-electron chi connectivity index (χ0n) is 14.5. The first-order valence-corrected chi connectivity index (χ1v) is 8.40. The van der Waals surface area contributed by atoms with Crippen LogP contribution >= 0.6 is 0 Å². The molecule has 1 N–H and O–H groups in total. The third-order valence-electron chi connectivity index (χ3n) is 3.75. The van der Waals surface area contributed by atoms with Gasteiger partial charge in [-0.25, -0.2) is 9.07 Å². The molecule has 0 aliphatic rings. The first kappa shape index (κ1) is 18.3. The van der Waals surface area contributed by atoms with Crippen LogP contribution in [0.4, 0.5) is 4.39 Å². The number of hydrogen-bond acceptors (Lipinski definition) is 4. The fourth-order valence-electron chi connectivity index (χ4n) is 2.43. The van der Waals surface area contributed by atoms with Crippen LogP contribution in [0.5, 0.6) is 5.75 Å².